The van der Waals surface area contributed by atoms with Gasteiger partial charge in [-0.25, -0.2) is 0 Å². The third kappa shape index (κ3) is 4.39. The largest absolute Gasteiger partial charge is 0.416 e. The lowest BCUT2D eigenvalue weighted by Gasteiger charge is -2.18. The minimum atomic E-state index is -4.34. The van der Waals surface area contributed by atoms with Crippen molar-refractivity contribution < 1.29 is 13.2 Å². The molecule has 160 valence electrons. The summed E-state index contributed by atoms with van der Waals surface area (Å²) in [6, 6.07) is 20.0. The maximum atomic E-state index is 13.1. The van der Waals surface area contributed by atoms with Crippen molar-refractivity contribution in [3.8, 4) is 0 Å². The highest BCUT2D eigenvalue weighted by molar-refractivity contribution is 6.00. The Morgan fingerprint density at radius 2 is 1.45 bits per heavy atom. The summed E-state index contributed by atoms with van der Waals surface area (Å²) in [6.07, 6.45) is -1.74. The molecule has 0 aromatic heterocycles. The molecule has 0 aliphatic heterocycles. The number of fused-ring (bicyclic) bond motifs is 1. The molecule has 4 heteroatoms. The van der Waals surface area contributed by atoms with Crippen LogP contribution in [0, 0.1) is 0 Å². The van der Waals surface area contributed by atoms with Crippen LogP contribution in [0.25, 0.3) is 11.1 Å². The summed E-state index contributed by atoms with van der Waals surface area (Å²) in [4.78, 5) is 0. The Hall–Kier alpha value is -3.01. The Balaban J connectivity index is 1.92. The highest BCUT2D eigenvalue weighted by Crippen LogP contribution is 2.41. The van der Waals surface area contributed by atoms with E-state index in [2.05, 4.69) is 38.1 Å². The van der Waals surface area contributed by atoms with Crippen molar-refractivity contribution in [1.29, 1.82) is 0 Å². The summed E-state index contributed by atoms with van der Waals surface area (Å²) in [7, 11) is 0. The van der Waals surface area contributed by atoms with Crippen LogP contribution in [0.2, 0.25) is 0 Å². The maximum absolute atomic E-state index is 13.1. The number of nitrogen functional groups attached to an aromatic ring is 1. The van der Waals surface area contributed by atoms with Crippen molar-refractivity contribution in [2.45, 2.75) is 45.2 Å². The van der Waals surface area contributed by atoms with E-state index in [-0.39, 0.29) is 0 Å². The summed E-state index contributed by atoms with van der Waals surface area (Å²) in [5, 5.41) is 0. The van der Waals surface area contributed by atoms with Gasteiger partial charge in [-0.3, -0.25) is 0 Å². The molecule has 3 aromatic rings. The average Bonchev–Trinajstić information content (AvgIpc) is 2.92. The molecule has 31 heavy (non-hydrogen) atoms. The highest BCUT2D eigenvalue weighted by atomic mass is 19.4. The van der Waals surface area contributed by atoms with Crippen molar-refractivity contribution in [3.63, 3.8) is 0 Å². The van der Waals surface area contributed by atoms with Gasteiger partial charge in [-0.05, 0) is 88.4 Å². The lowest BCUT2D eigenvalue weighted by atomic mass is 9.86. The average molecular weight is 422 g/mol. The molecule has 0 saturated carbocycles. The summed E-state index contributed by atoms with van der Waals surface area (Å²) >= 11 is 0. The van der Waals surface area contributed by atoms with Gasteiger partial charge in [-0.2, -0.15) is 13.2 Å². The molecule has 0 amide bonds. The third-order valence-corrected chi connectivity index (χ3v) is 6.00. The number of nitrogens with two attached hydrogens (primary N) is 1. The molecule has 1 aliphatic carbocycles. The van der Waals surface area contributed by atoms with Crippen LogP contribution in [0.4, 0.5) is 18.9 Å². The van der Waals surface area contributed by atoms with Crippen molar-refractivity contribution in [2.24, 2.45) is 0 Å². The molecule has 0 fully saturated rings. The van der Waals surface area contributed by atoms with Crippen LogP contribution >= 0.6 is 0 Å². The molecule has 1 nitrogen and oxygen atoms in total. The predicted molar refractivity (Wildman–Crippen MR) is 122 cm³/mol. The van der Waals surface area contributed by atoms with Crippen molar-refractivity contribution in [2.75, 3.05) is 5.73 Å². The van der Waals surface area contributed by atoms with Gasteiger partial charge in [-0.15, -0.1) is 0 Å². The lowest BCUT2D eigenvalue weighted by Crippen LogP contribution is -2.04. The zero-order chi connectivity index (χ0) is 22.2. The summed E-state index contributed by atoms with van der Waals surface area (Å²) < 4.78 is 39.2. The van der Waals surface area contributed by atoms with E-state index in [1.165, 1.54) is 23.3 Å². The van der Waals surface area contributed by atoms with Gasteiger partial charge in [0.05, 0.1) is 5.56 Å². The first-order valence-electron chi connectivity index (χ1n) is 10.6. The fourth-order valence-electron chi connectivity index (χ4n) is 4.32. The number of anilines is 1. The van der Waals surface area contributed by atoms with Gasteiger partial charge in [0.15, 0.2) is 0 Å². The van der Waals surface area contributed by atoms with Crippen LogP contribution in [-0.4, -0.2) is 0 Å². The van der Waals surface area contributed by atoms with E-state index in [1.807, 2.05) is 18.2 Å². The van der Waals surface area contributed by atoms with Crippen LogP contribution in [0.5, 0.6) is 0 Å². The Morgan fingerprint density at radius 1 is 0.806 bits per heavy atom. The minimum absolute atomic E-state index is 0.429. The molecule has 0 atom stereocenters. The van der Waals surface area contributed by atoms with E-state index in [1.54, 1.807) is 12.1 Å². The highest BCUT2D eigenvalue weighted by Gasteiger charge is 2.30. The fourth-order valence-corrected chi connectivity index (χ4v) is 4.32. The molecular weight excluding hydrogens is 395 g/mol. The Labute approximate surface area is 181 Å². The molecule has 0 heterocycles. The van der Waals surface area contributed by atoms with E-state index in [4.69, 9.17) is 5.73 Å². The second-order valence-corrected chi connectivity index (χ2v) is 8.48. The summed E-state index contributed by atoms with van der Waals surface area (Å²) in [6.45, 7) is 4.32. The smallest absolute Gasteiger partial charge is 0.399 e. The Kier molecular flexibility index (Phi) is 5.65. The molecular formula is C27H26F3N. The zero-order valence-corrected chi connectivity index (χ0v) is 17.8. The van der Waals surface area contributed by atoms with Crippen LogP contribution in [0.3, 0.4) is 0 Å². The Morgan fingerprint density at radius 3 is 2.06 bits per heavy atom. The van der Waals surface area contributed by atoms with Crippen LogP contribution in [-0.2, 0) is 12.6 Å². The molecule has 4 rings (SSSR count). The zero-order valence-electron chi connectivity index (χ0n) is 17.8. The summed E-state index contributed by atoms with van der Waals surface area (Å²) in [5.41, 5.74) is 13.8. The van der Waals surface area contributed by atoms with Crippen LogP contribution in [0.1, 0.15) is 66.0 Å². The van der Waals surface area contributed by atoms with Crippen LogP contribution < -0.4 is 5.73 Å². The normalized spacial score (nSPS) is 14.5. The molecule has 3 aromatic carbocycles. The van der Waals surface area contributed by atoms with Crippen molar-refractivity contribution in [3.05, 3.63) is 100 Å². The van der Waals surface area contributed by atoms with E-state index in [0.717, 1.165) is 52.8 Å². The van der Waals surface area contributed by atoms with Crippen molar-refractivity contribution in [1.82, 2.24) is 0 Å². The van der Waals surface area contributed by atoms with Gasteiger partial charge in [0, 0.05) is 5.69 Å². The maximum Gasteiger partial charge on any atom is 0.416 e. The first-order chi connectivity index (χ1) is 14.7. The Bertz CT molecular complexity index is 1100. The standard InChI is InChI=1S/C27H26F3N/c1-17(2)18-6-8-20(9-7-18)26-24(19-10-12-22(13-11-19)27(28,29)30)5-3-4-21-16-23(31)14-15-25(21)26/h6-17H,3-5,31H2,1-2H3. The van der Waals surface area contributed by atoms with Gasteiger partial charge in [0.1, 0.15) is 0 Å². The number of aryl methyl sites for hydroxylation is 1. The monoisotopic (exact) mass is 421 g/mol. The quantitative estimate of drug-likeness (QED) is 0.431. The summed E-state index contributed by atoms with van der Waals surface area (Å²) in [5.74, 6) is 0.429. The van der Waals surface area contributed by atoms with Crippen LogP contribution in [0.15, 0.2) is 66.7 Å². The topological polar surface area (TPSA) is 26.0 Å². The van der Waals surface area contributed by atoms with Crippen molar-refractivity contribution >= 4 is 16.8 Å². The molecule has 0 radical (unpaired) electrons. The minimum Gasteiger partial charge on any atom is -0.399 e. The second-order valence-electron chi connectivity index (χ2n) is 8.48. The van der Waals surface area contributed by atoms with E-state index < -0.39 is 11.7 Å². The van der Waals surface area contributed by atoms with Gasteiger partial charge in [-0.1, -0.05) is 56.3 Å². The number of allylic oxidation sites excluding steroid dienone is 1. The number of alkyl halides is 3. The molecule has 0 unspecified atom stereocenters. The first-order valence-corrected chi connectivity index (χ1v) is 10.6. The molecule has 1 aliphatic rings. The molecule has 2 N–H and O–H groups in total. The number of hydrogen-bond acceptors (Lipinski definition) is 1. The fraction of sp³-hybridized carbons (Fsp3) is 0.259. The van der Waals surface area contributed by atoms with E-state index >= 15 is 0 Å². The third-order valence-electron chi connectivity index (χ3n) is 6.00. The second kappa shape index (κ2) is 8.26. The van der Waals surface area contributed by atoms with Gasteiger partial charge < -0.3 is 5.73 Å². The number of benzene rings is 3. The van der Waals surface area contributed by atoms with Gasteiger partial charge in [0.25, 0.3) is 0 Å². The van der Waals surface area contributed by atoms with E-state index in [0.29, 0.717) is 5.92 Å². The predicted octanol–water partition coefficient (Wildman–Crippen LogP) is 7.71. The SMILES string of the molecule is CC(C)c1ccc(C2=C(c3ccc(C(F)(F)F)cc3)CCCc3cc(N)ccc32)cc1. The van der Waals surface area contributed by atoms with E-state index in [9.17, 15) is 13.2 Å². The molecule has 0 bridgehead atoms. The molecule has 0 spiro atoms. The number of rotatable bonds is 3. The van der Waals surface area contributed by atoms with Gasteiger partial charge in [0.2, 0.25) is 0 Å². The number of halogens is 3. The lowest BCUT2D eigenvalue weighted by molar-refractivity contribution is -0.137. The molecule has 0 saturated heterocycles. The van der Waals surface area contributed by atoms with Gasteiger partial charge >= 0.3 is 6.18 Å². The number of hydrogen-bond donors (Lipinski definition) is 1. The first kappa shape index (κ1) is 21.2.